The summed E-state index contributed by atoms with van der Waals surface area (Å²) in [6, 6.07) is 9.82. The second-order valence-electron chi connectivity index (χ2n) is 7.50. The predicted octanol–water partition coefficient (Wildman–Crippen LogP) is 1.55. The number of aromatic amines is 2. The van der Waals surface area contributed by atoms with Gasteiger partial charge in [-0.1, -0.05) is 24.3 Å². The quantitative estimate of drug-likeness (QED) is 0.532. The number of nitrogens with zero attached hydrogens (tertiary/aromatic N) is 3. The van der Waals surface area contributed by atoms with Crippen LogP contribution < -0.4 is 15.8 Å². The molecule has 3 heterocycles. The summed E-state index contributed by atoms with van der Waals surface area (Å²) in [4.78, 5) is 34.2. The van der Waals surface area contributed by atoms with E-state index in [2.05, 4.69) is 25.5 Å². The first-order chi connectivity index (χ1) is 15.1. The number of anilines is 1. The number of H-pyrrole nitrogens is 2. The third-order valence-corrected chi connectivity index (χ3v) is 5.38. The molecule has 31 heavy (non-hydrogen) atoms. The summed E-state index contributed by atoms with van der Waals surface area (Å²) in [6.45, 7) is 4.90. The van der Waals surface area contributed by atoms with Gasteiger partial charge in [-0.05, 0) is 30.5 Å². The van der Waals surface area contributed by atoms with Crippen molar-refractivity contribution in [1.82, 2.24) is 25.5 Å². The van der Waals surface area contributed by atoms with Gasteiger partial charge >= 0.3 is 0 Å². The Kier molecular flexibility index (Phi) is 6.42. The first-order valence-electron chi connectivity index (χ1n) is 10.4. The molecular formula is C22H26N6O3. The number of aromatic nitrogens is 4. The van der Waals surface area contributed by atoms with Gasteiger partial charge in [0.1, 0.15) is 0 Å². The Hall–Kier alpha value is -3.46. The largest absolute Gasteiger partial charge is 0.378 e. The number of nitrogens with one attached hydrogen (secondary N) is 3. The lowest BCUT2D eigenvalue weighted by molar-refractivity contribution is -0.121. The van der Waals surface area contributed by atoms with Crippen LogP contribution in [-0.4, -0.2) is 52.4 Å². The Labute approximate surface area is 179 Å². The Balaban J connectivity index is 1.30. The molecular weight excluding hydrogens is 396 g/mol. The van der Waals surface area contributed by atoms with Crippen molar-refractivity contribution in [2.75, 3.05) is 31.2 Å². The third kappa shape index (κ3) is 5.18. The van der Waals surface area contributed by atoms with E-state index in [0.29, 0.717) is 56.5 Å². The molecule has 1 saturated heterocycles. The highest BCUT2D eigenvalue weighted by Crippen LogP contribution is 2.16. The van der Waals surface area contributed by atoms with Crippen molar-refractivity contribution in [1.29, 1.82) is 0 Å². The first-order valence-corrected chi connectivity index (χ1v) is 10.4. The lowest BCUT2D eigenvalue weighted by Crippen LogP contribution is -2.38. The molecule has 0 saturated carbocycles. The molecule has 9 nitrogen and oxygen atoms in total. The highest BCUT2D eigenvalue weighted by Gasteiger charge is 2.16. The maximum absolute atomic E-state index is 12.5. The van der Waals surface area contributed by atoms with E-state index in [0.717, 1.165) is 16.8 Å². The monoisotopic (exact) mass is 422 g/mol. The molecule has 1 amide bonds. The number of aryl methyl sites for hydroxylation is 1. The third-order valence-electron chi connectivity index (χ3n) is 5.38. The summed E-state index contributed by atoms with van der Waals surface area (Å²) in [7, 11) is 0. The molecule has 3 N–H and O–H groups in total. The number of morpholine rings is 1. The van der Waals surface area contributed by atoms with Crippen molar-refractivity contribution in [3.63, 3.8) is 0 Å². The molecule has 1 aliphatic rings. The van der Waals surface area contributed by atoms with Crippen LogP contribution in [0, 0.1) is 6.92 Å². The van der Waals surface area contributed by atoms with Gasteiger partial charge in [0.25, 0.3) is 5.56 Å². The van der Waals surface area contributed by atoms with Crippen LogP contribution in [0.3, 0.4) is 0 Å². The fraction of sp³-hybridized carbons (Fsp3) is 0.364. The fourth-order valence-corrected chi connectivity index (χ4v) is 3.56. The van der Waals surface area contributed by atoms with Gasteiger partial charge in [-0.25, -0.2) is 4.98 Å². The van der Waals surface area contributed by atoms with Crippen molar-refractivity contribution in [2.24, 2.45) is 0 Å². The van der Waals surface area contributed by atoms with Crippen LogP contribution >= 0.6 is 0 Å². The number of hydrogen-bond acceptors (Lipinski definition) is 6. The SMILES string of the molecule is Cc1nc(N2CCOCC2)[nH]c(=O)c1CCC(=O)NCc1ccc(-c2ccn[nH]2)cc1. The van der Waals surface area contributed by atoms with Crippen LogP contribution in [0.4, 0.5) is 5.95 Å². The summed E-state index contributed by atoms with van der Waals surface area (Å²) >= 11 is 0. The van der Waals surface area contributed by atoms with E-state index in [1.165, 1.54) is 0 Å². The van der Waals surface area contributed by atoms with E-state index in [9.17, 15) is 9.59 Å². The summed E-state index contributed by atoms with van der Waals surface area (Å²) < 4.78 is 5.34. The summed E-state index contributed by atoms with van der Waals surface area (Å²) in [5, 5.41) is 9.79. The molecule has 2 aromatic heterocycles. The molecule has 1 aliphatic heterocycles. The van der Waals surface area contributed by atoms with E-state index in [1.807, 2.05) is 42.2 Å². The number of ether oxygens (including phenoxy) is 1. The molecule has 0 radical (unpaired) electrons. The average Bonchev–Trinajstić information content (AvgIpc) is 3.33. The molecule has 0 aliphatic carbocycles. The maximum atomic E-state index is 12.5. The van der Waals surface area contributed by atoms with Gasteiger partial charge in [-0.2, -0.15) is 5.10 Å². The van der Waals surface area contributed by atoms with Crippen LogP contribution in [0.15, 0.2) is 41.3 Å². The Morgan fingerprint density at radius 1 is 1.19 bits per heavy atom. The first kappa shape index (κ1) is 20.8. The molecule has 1 aromatic carbocycles. The Morgan fingerprint density at radius 3 is 2.65 bits per heavy atom. The second-order valence-corrected chi connectivity index (χ2v) is 7.50. The van der Waals surface area contributed by atoms with Crippen LogP contribution in [0.1, 0.15) is 23.2 Å². The summed E-state index contributed by atoms with van der Waals surface area (Å²) in [5.74, 6) is 0.464. The van der Waals surface area contributed by atoms with Crippen LogP contribution in [-0.2, 0) is 22.5 Å². The normalized spacial score (nSPS) is 13.9. The predicted molar refractivity (Wildman–Crippen MR) is 117 cm³/mol. The number of carbonyl (C=O) groups excluding carboxylic acids is 1. The second kappa shape index (κ2) is 9.57. The zero-order valence-corrected chi connectivity index (χ0v) is 17.5. The lowest BCUT2D eigenvalue weighted by Gasteiger charge is -2.27. The number of carbonyl (C=O) groups is 1. The zero-order chi connectivity index (χ0) is 21.6. The van der Waals surface area contributed by atoms with Gasteiger partial charge in [0.2, 0.25) is 11.9 Å². The average molecular weight is 422 g/mol. The molecule has 4 rings (SSSR count). The summed E-state index contributed by atoms with van der Waals surface area (Å²) in [5.41, 5.74) is 4.02. The number of benzene rings is 1. The molecule has 0 bridgehead atoms. The van der Waals surface area contributed by atoms with Crippen molar-refractivity contribution >= 4 is 11.9 Å². The van der Waals surface area contributed by atoms with E-state index >= 15 is 0 Å². The van der Waals surface area contributed by atoms with E-state index in [1.54, 1.807) is 6.20 Å². The van der Waals surface area contributed by atoms with Crippen LogP contribution in [0.25, 0.3) is 11.3 Å². The van der Waals surface area contributed by atoms with Crippen LogP contribution in [0.5, 0.6) is 0 Å². The van der Waals surface area contributed by atoms with E-state index in [-0.39, 0.29) is 17.9 Å². The van der Waals surface area contributed by atoms with Gasteiger partial charge in [0.05, 0.1) is 18.9 Å². The van der Waals surface area contributed by atoms with Gasteiger partial charge in [-0.15, -0.1) is 0 Å². The number of amides is 1. The van der Waals surface area contributed by atoms with Gasteiger partial charge < -0.3 is 15.0 Å². The van der Waals surface area contributed by atoms with Gasteiger partial charge in [-0.3, -0.25) is 19.7 Å². The van der Waals surface area contributed by atoms with Crippen molar-refractivity contribution in [2.45, 2.75) is 26.3 Å². The molecule has 3 aromatic rings. The van der Waals surface area contributed by atoms with Crippen molar-refractivity contribution < 1.29 is 9.53 Å². The number of rotatable bonds is 7. The zero-order valence-electron chi connectivity index (χ0n) is 17.5. The molecule has 0 atom stereocenters. The summed E-state index contributed by atoms with van der Waals surface area (Å²) in [6.07, 6.45) is 2.29. The molecule has 0 unspecified atom stereocenters. The minimum atomic E-state index is -0.184. The van der Waals surface area contributed by atoms with Gasteiger partial charge in [0.15, 0.2) is 0 Å². The smallest absolute Gasteiger partial charge is 0.255 e. The van der Waals surface area contributed by atoms with E-state index < -0.39 is 0 Å². The maximum Gasteiger partial charge on any atom is 0.255 e. The highest BCUT2D eigenvalue weighted by molar-refractivity contribution is 5.76. The minimum Gasteiger partial charge on any atom is -0.378 e. The van der Waals surface area contributed by atoms with Gasteiger partial charge in [0, 0.05) is 43.5 Å². The van der Waals surface area contributed by atoms with Crippen molar-refractivity contribution in [3.05, 3.63) is 63.7 Å². The van der Waals surface area contributed by atoms with Crippen molar-refractivity contribution in [3.8, 4) is 11.3 Å². The minimum absolute atomic E-state index is 0.103. The highest BCUT2D eigenvalue weighted by atomic mass is 16.5. The topological polar surface area (TPSA) is 116 Å². The molecule has 9 heteroatoms. The molecule has 162 valence electrons. The Morgan fingerprint density at radius 2 is 1.97 bits per heavy atom. The number of hydrogen-bond donors (Lipinski definition) is 3. The molecule has 0 spiro atoms. The van der Waals surface area contributed by atoms with E-state index in [4.69, 9.17) is 4.74 Å². The standard InChI is InChI=1S/C22H26N6O3/c1-15-18(21(30)26-22(25-15)28-10-12-31-13-11-28)6-7-20(29)23-14-16-2-4-17(5-3-16)19-8-9-24-27-19/h2-5,8-9H,6-7,10-14H2,1H3,(H,23,29)(H,24,27)(H,25,26,30). The lowest BCUT2D eigenvalue weighted by atomic mass is 10.1. The Bertz CT molecular complexity index is 1070. The fourth-order valence-electron chi connectivity index (χ4n) is 3.56. The molecule has 1 fully saturated rings. The van der Waals surface area contributed by atoms with Crippen LogP contribution in [0.2, 0.25) is 0 Å².